The highest BCUT2D eigenvalue weighted by Crippen LogP contribution is 2.20. The summed E-state index contributed by atoms with van der Waals surface area (Å²) < 4.78 is 0.751. The number of halogens is 2. The second-order valence-electron chi connectivity index (χ2n) is 6.07. The van der Waals surface area contributed by atoms with Crippen LogP contribution in [-0.4, -0.2) is 24.2 Å². The lowest BCUT2D eigenvalue weighted by atomic mass is 10.2. The Morgan fingerprint density at radius 1 is 1.43 bits per heavy atom. The highest BCUT2D eigenvalue weighted by Gasteiger charge is 2.13. The number of hydrogen-bond donors (Lipinski definition) is 2. The lowest BCUT2D eigenvalue weighted by Crippen LogP contribution is -2.35. The third kappa shape index (κ3) is 7.87. The van der Waals surface area contributed by atoms with E-state index in [-0.39, 0.29) is 11.4 Å². The van der Waals surface area contributed by atoms with Gasteiger partial charge >= 0.3 is 0 Å². The van der Waals surface area contributed by atoms with Crippen molar-refractivity contribution in [3.05, 3.63) is 27.7 Å². The Kier molecular flexibility index (Phi) is 8.10. The average molecular weight is 416 g/mol. The summed E-state index contributed by atoms with van der Waals surface area (Å²) in [6.07, 6.45) is 5.47. The molecule has 4 nitrogen and oxygen atoms in total. The molecule has 0 aliphatic rings. The first-order chi connectivity index (χ1) is 10.7. The summed E-state index contributed by atoms with van der Waals surface area (Å²) >= 11 is 9.32. The van der Waals surface area contributed by atoms with Crippen LogP contribution in [0.3, 0.4) is 0 Å². The molecule has 23 heavy (non-hydrogen) atoms. The molecule has 1 unspecified atom stereocenters. The van der Waals surface area contributed by atoms with Gasteiger partial charge in [-0.2, -0.15) is 4.98 Å². The quantitative estimate of drug-likeness (QED) is 0.303. The topological polar surface area (TPSA) is 49.8 Å². The second kappa shape index (κ2) is 9.31. The van der Waals surface area contributed by atoms with Crippen LogP contribution in [0, 0.1) is 11.5 Å². The molecule has 0 aliphatic carbocycles. The maximum atomic E-state index is 5.89. The first kappa shape index (κ1) is 20.0. The van der Waals surface area contributed by atoms with E-state index in [1.807, 2.05) is 0 Å². The number of allylic oxidation sites excluding steroid dienone is 2. The molecule has 1 aromatic rings. The molecule has 1 atom stereocenters. The van der Waals surface area contributed by atoms with Gasteiger partial charge in [-0.25, -0.2) is 4.98 Å². The summed E-state index contributed by atoms with van der Waals surface area (Å²) in [5, 5.41) is 6.95. The van der Waals surface area contributed by atoms with Crippen molar-refractivity contribution >= 4 is 41.4 Å². The predicted octanol–water partition coefficient (Wildman–Crippen LogP) is 4.80. The van der Waals surface area contributed by atoms with Gasteiger partial charge < -0.3 is 10.6 Å². The van der Waals surface area contributed by atoms with Crippen molar-refractivity contribution in [1.82, 2.24) is 15.3 Å². The molecular weight excluding hydrogens is 392 g/mol. The van der Waals surface area contributed by atoms with Gasteiger partial charge in [0.05, 0.1) is 4.47 Å². The van der Waals surface area contributed by atoms with E-state index in [1.165, 1.54) is 0 Å². The normalized spacial score (nSPS) is 13.1. The predicted molar refractivity (Wildman–Crippen MR) is 105 cm³/mol. The summed E-state index contributed by atoms with van der Waals surface area (Å²) in [6, 6.07) is 0. The van der Waals surface area contributed by atoms with E-state index < -0.39 is 8.07 Å². The Labute approximate surface area is 153 Å². The lowest BCUT2D eigenvalue weighted by molar-refractivity contribution is 0.721. The Hall–Kier alpha value is -1.03. The van der Waals surface area contributed by atoms with Crippen LogP contribution in [0.25, 0.3) is 0 Å². The Balaban J connectivity index is 3.05. The van der Waals surface area contributed by atoms with E-state index >= 15 is 0 Å². The molecular formula is C16H24BrClN4Si. The number of hydrogen-bond acceptors (Lipinski definition) is 4. The van der Waals surface area contributed by atoms with Crippen molar-refractivity contribution in [3.63, 3.8) is 0 Å². The van der Waals surface area contributed by atoms with E-state index in [0.29, 0.717) is 5.82 Å². The van der Waals surface area contributed by atoms with Crippen LogP contribution in [0.5, 0.6) is 0 Å². The van der Waals surface area contributed by atoms with E-state index in [1.54, 1.807) is 6.20 Å². The van der Waals surface area contributed by atoms with Gasteiger partial charge in [0.15, 0.2) is 6.17 Å². The minimum absolute atomic E-state index is 0.201. The van der Waals surface area contributed by atoms with E-state index in [4.69, 9.17) is 11.6 Å². The fourth-order valence-electron chi connectivity index (χ4n) is 1.72. The van der Waals surface area contributed by atoms with Crippen LogP contribution >= 0.6 is 27.5 Å². The van der Waals surface area contributed by atoms with E-state index in [9.17, 15) is 0 Å². The van der Waals surface area contributed by atoms with Gasteiger partial charge in [0, 0.05) is 11.9 Å². The average Bonchev–Trinajstić information content (AvgIpc) is 2.47. The standard InChI is InChI=1S/C16H24BrClN4Si/c1-6-8-12(7-2)20-14(9-10-23(3,4)5)21-15-13(17)11-19-16(18)22-15/h8,11,14,20H,6-7H2,1-5H3,(H,19,21,22)/b12-8+. The lowest BCUT2D eigenvalue weighted by Gasteiger charge is -2.20. The van der Waals surface area contributed by atoms with Crippen LogP contribution in [-0.2, 0) is 0 Å². The van der Waals surface area contributed by atoms with Crippen molar-refractivity contribution in [2.24, 2.45) is 0 Å². The first-order valence-corrected chi connectivity index (χ1v) is 12.3. The molecule has 0 radical (unpaired) electrons. The second-order valence-corrected chi connectivity index (χ2v) is 12.0. The maximum absolute atomic E-state index is 5.89. The van der Waals surface area contributed by atoms with E-state index in [2.05, 4.69) is 87.6 Å². The fourth-order valence-corrected chi connectivity index (χ4v) is 2.73. The van der Waals surface area contributed by atoms with Gasteiger partial charge in [-0.3, -0.25) is 0 Å². The van der Waals surface area contributed by atoms with Gasteiger partial charge in [-0.05, 0) is 40.4 Å². The molecule has 0 bridgehead atoms. The van der Waals surface area contributed by atoms with Crippen molar-refractivity contribution in [3.8, 4) is 11.5 Å². The molecule has 7 heteroatoms. The monoisotopic (exact) mass is 414 g/mol. The summed E-state index contributed by atoms with van der Waals surface area (Å²) in [5.74, 6) is 3.93. The minimum atomic E-state index is -1.47. The Morgan fingerprint density at radius 3 is 2.70 bits per heavy atom. The molecule has 0 saturated heterocycles. The number of aromatic nitrogens is 2. The van der Waals surface area contributed by atoms with Gasteiger partial charge in [0.2, 0.25) is 5.28 Å². The van der Waals surface area contributed by atoms with Gasteiger partial charge in [-0.1, -0.05) is 45.5 Å². The van der Waals surface area contributed by atoms with E-state index in [0.717, 1.165) is 23.0 Å². The summed E-state index contributed by atoms with van der Waals surface area (Å²) in [6.45, 7) is 10.9. The van der Waals surface area contributed by atoms with Crippen molar-refractivity contribution in [2.75, 3.05) is 5.32 Å². The molecule has 0 amide bonds. The van der Waals surface area contributed by atoms with Crippen LogP contribution in [0.4, 0.5) is 5.82 Å². The molecule has 126 valence electrons. The fraction of sp³-hybridized carbons (Fsp3) is 0.500. The molecule has 0 spiro atoms. The SMILES string of the molecule is CC/C=C(\CC)NC(C#C[Si](C)(C)C)Nc1nc(Cl)ncc1Br. The number of nitrogens with zero attached hydrogens (tertiary/aromatic N) is 2. The maximum Gasteiger partial charge on any atom is 0.224 e. The van der Waals surface area contributed by atoms with Crippen molar-refractivity contribution in [1.29, 1.82) is 0 Å². The zero-order chi connectivity index (χ0) is 17.5. The van der Waals surface area contributed by atoms with Crippen molar-refractivity contribution < 1.29 is 0 Å². The molecule has 1 heterocycles. The third-order valence-corrected chi connectivity index (χ3v) is 4.41. The number of anilines is 1. The zero-order valence-electron chi connectivity index (χ0n) is 14.3. The molecule has 0 fully saturated rings. The number of rotatable bonds is 6. The summed E-state index contributed by atoms with van der Waals surface area (Å²) in [5.41, 5.74) is 4.55. The Morgan fingerprint density at radius 2 is 2.13 bits per heavy atom. The van der Waals surface area contributed by atoms with Crippen molar-refractivity contribution in [2.45, 2.75) is 52.5 Å². The third-order valence-electron chi connectivity index (χ3n) is 2.75. The first-order valence-electron chi connectivity index (χ1n) is 7.68. The van der Waals surface area contributed by atoms with Crippen LogP contribution in [0.2, 0.25) is 24.9 Å². The molecule has 0 saturated carbocycles. The molecule has 0 aromatic carbocycles. The molecule has 1 rings (SSSR count). The summed E-state index contributed by atoms with van der Waals surface area (Å²) in [4.78, 5) is 8.16. The Bertz CT molecular complexity index is 617. The van der Waals surface area contributed by atoms with Crippen LogP contribution < -0.4 is 10.6 Å². The largest absolute Gasteiger partial charge is 0.359 e. The minimum Gasteiger partial charge on any atom is -0.359 e. The molecule has 1 aromatic heterocycles. The van der Waals surface area contributed by atoms with Gasteiger partial charge in [-0.15, -0.1) is 5.54 Å². The summed E-state index contributed by atoms with van der Waals surface area (Å²) in [7, 11) is -1.47. The zero-order valence-corrected chi connectivity index (χ0v) is 17.6. The van der Waals surface area contributed by atoms with Gasteiger partial charge in [0.1, 0.15) is 13.9 Å². The van der Waals surface area contributed by atoms with Gasteiger partial charge in [0.25, 0.3) is 0 Å². The molecule has 0 aliphatic heterocycles. The van der Waals surface area contributed by atoms with Crippen LogP contribution in [0.15, 0.2) is 22.4 Å². The number of nitrogens with one attached hydrogen (secondary N) is 2. The molecule has 2 N–H and O–H groups in total. The van der Waals surface area contributed by atoms with Crippen LogP contribution in [0.1, 0.15) is 26.7 Å². The highest BCUT2D eigenvalue weighted by molar-refractivity contribution is 9.10. The highest BCUT2D eigenvalue weighted by atomic mass is 79.9. The smallest absolute Gasteiger partial charge is 0.224 e.